The quantitative estimate of drug-likeness (QED) is 0.872. The molecule has 1 heterocycles. The predicted molar refractivity (Wildman–Crippen MR) is 98.6 cm³/mol. The Bertz CT molecular complexity index is 718. The maximum absolute atomic E-state index is 12.6. The van der Waals surface area contributed by atoms with E-state index in [9.17, 15) is 4.79 Å². The molecule has 1 amide bonds. The maximum Gasteiger partial charge on any atom is 0.243 e. The molecule has 132 valence electrons. The summed E-state index contributed by atoms with van der Waals surface area (Å²) in [5.74, 6) is 1.41. The first kappa shape index (κ1) is 17.1. The Kier molecular flexibility index (Phi) is 5.40. The number of anilines is 2. The number of hydrogen-bond donors (Lipinski definition) is 2. The van der Waals surface area contributed by atoms with Crippen LogP contribution in [-0.2, 0) is 4.79 Å². The second-order valence-corrected chi connectivity index (χ2v) is 5.84. The average Bonchev–Trinajstić information content (AvgIpc) is 2.68. The SMILES string of the molecule is COc1ccc(N2CCNC(C(=O)Nc3ccccc3OC)C2)cc1. The highest BCUT2D eigenvalue weighted by atomic mass is 16.5. The predicted octanol–water partition coefficient (Wildman–Crippen LogP) is 2.12. The van der Waals surface area contributed by atoms with Gasteiger partial charge in [-0.15, -0.1) is 0 Å². The zero-order valence-corrected chi connectivity index (χ0v) is 14.5. The Labute approximate surface area is 147 Å². The number of nitrogens with zero attached hydrogens (tertiary/aromatic N) is 1. The first-order chi connectivity index (χ1) is 12.2. The summed E-state index contributed by atoms with van der Waals surface area (Å²) >= 11 is 0. The van der Waals surface area contributed by atoms with E-state index in [2.05, 4.69) is 15.5 Å². The van der Waals surface area contributed by atoms with E-state index in [4.69, 9.17) is 9.47 Å². The van der Waals surface area contributed by atoms with Crippen LogP contribution in [0.5, 0.6) is 11.5 Å². The normalized spacial score (nSPS) is 17.0. The van der Waals surface area contributed by atoms with E-state index < -0.39 is 0 Å². The van der Waals surface area contributed by atoms with Gasteiger partial charge in [0, 0.05) is 25.3 Å². The van der Waals surface area contributed by atoms with Crippen LogP contribution in [0, 0.1) is 0 Å². The molecule has 25 heavy (non-hydrogen) atoms. The molecule has 0 aliphatic carbocycles. The van der Waals surface area contributed by atoms with Crippen LogP contribution in [0.15, 0.2) is 48.5 Å². The van der Waals surface area contributed by atoms with E-state index in [1.165, 1.54) is 0 Å². The lowest BCUT2D eigenvalue weighted by Crippen LogP contribution is -2.55. The van der Waals surface area contributed by atoms with Gasteiger partial charge < -0.3 is 25.0 Å². The maximum atomic E-state index is 12.6. The Morgan fingerprint density at radius 2 is 1.88 bits per heavy atom. The summed E-state index contributed by atoms with van der Waals surface area (Å²) in [5, 5.41) is 6.23. The molecule has 3 rings (SSSR count). The zero-order valence-electron chi connectivity index (χ0n) is 14.5. The third-order valence-electron chi connectivity index (χ3n) is 4.29. The molecule has 6 heteroatoms. The minimum atomic E-state index is -0.291. The molecule has 1 unspecified atom stereocenters. The molecule has 1 atom stereocenters. The van der Waals surface area contributed by atoms with Gasteiger partial charge in [0.2, 0.25) is 5.91 Å². The molecule has 0 spiro atoms. The van der Waals surface area contributed by atoms with Crippen LogP contribution in [0.3, 0.4) is 0 Å². The molecular weight excluding hydrogens is 318 g/mol. The first-order valence-corrected chi connectivity index (χ1v) is 8.27. The number of ether oxygens (including phenoxy) is 2. The number of methoxy groups -OCH3 is 2. The Morgan fingerprint density at radius 3 is 2.60 bits per heavy atom. The van der Waals surface area contributed by atoms with Crippen molar-refractivity contribution in [1.82, 2.24) is 5.32 Å². The number of amides is 1. The zero-order chi connectivity index (χ0) is 17.6. The topological polar surface area (TPSA) is 62.8 Å². The molecule has 0 radical (unpaired) electrons. The van der Waals surface area contributed by atoms with Crippen molar-refractivity contribution in [1.29, 1.82) is 0 Å². The summed E-state index contributed by atoms with van der Waals surface area (Å²) in [7, 11) is 3.24. The van der Waals surface area contributed by atoms with Gasteiger partial charge >= 0.3 is 0 Å². The van der Waals surface area contributed by atoms with Gasteiger partial charge in [-0.05, 0) is 36.4 Å². The molecule has 0 aromatic heterocycles. The van der Waals surface area contributed by atoms with E-state index in [1.807, 2.05) is 48.5 Å². The number of nitrogens with one attached hydrogen (secondary N) is 2. The average molecular weight is 341 g/mol. The monoisotopic (exact) mass is 341 g/mol. The number of benzene rings is 2. The molecule has 0 bridgehead atoms. The van der Waals surface area contributed by atoms with E-state index in [1.54, 1.807) is 14.2 Å². The van der Waals surface area contributed by atoms with E-state index in [0.717, 1.165) is 24.5 Å². The van der Waals surface area contributed by atoms with Crippen molar-refractivity contribution in [2.24, 2.45) is 0 Å². The number of carbonyl (C=O) groups is 1. The molecule has 1 aliphatic rings. The van der Waals surface area contributed by atoms with Crippen LogP contribution < -0.4 is 25.0 Å². The lowest BCUT2D eigenvalue weighted by Gasteiger charge is -2.34. The van der Waals surface area contributed by atoms with Gasteiger partial charge in [-0.3, -0.25) is 4.79 Å². The summed E-state index contributed by atoms with van der Waals surface area (Å²) in [5.41, 5.74) is 1.76. The van der Waals surface area contributed by atoms with Crippen LogP contribution in [0.2, 0.25) is 0 Å². The highest BCUT2D eigenvalue weighted by Crippen LogP contribution is 2.24. The number of hydrogen-bond acceptors (Lipinski definition) is 5. The van der Waals surface area contributed by atoms with Gasteiger partial charge in [0.15, 0.2) is 0 Å². The second-order valence-electron chi connectivity index (χ2n) is 5.84. The fourth-order valence-corrected chi connectivity index (χ4v) is 2.92. The molecule has 1 aliphatic heterocycles. The fraction of sp³-hybridized carbons (Fsp3) is 0.316. The highest BCUT2D eigenvalue weighted by molar-refractivity contribution is 5.96. The van der Waals surface area contributed by atoms with Crippen LogP contribution in [0.25, 0.3) is 0 Å². The van der Waals surface area contributed by atoms with Crippen LogP contribution in [0.1, 0.15) is 0 Å². The fourth-order valence-electron chi connectivity index (χ4n) is 2.92. The van der Waals surface area contributed by atoms with Crippen molar-refractivity contribution in [3.63, 3.8) is 0 Å². The molecule has 2 aromatic rings. The van der Waals surface area contributed by atoms with Crippen LogP contribution >= 0.6 is 0 Å². The van der Waals surface area contributed by atoms with Gasteiger partial charge in [0.1, 0.15) is 17.5 Å². The van der Waals surface area contributed by atoms with Crippen molar-refractivity contribution < 1.29 is 14.3 Å². The lowest BCUT2D eigenvalue weighted by atomic mass is 10.1. The molecule has 6 nitrogen and oxygen atoms in total. The lowest BCUT2D eigenvalue weighted by molar-refractivity contribution is -0.118. The number of rotatable bonds is 5. The second kappa shape index (κ2) is 7.90. The summed E-state index contributed by atoms with van der Waals surface area (Å²) in [4.78, 5) is 14.8. The van der Waals surface area contributed by atoms with Crippen molar-refractivity contribution in [3.05, 3.63) is 48.5 Å². The van der Waals surface area contributed by atoms with Crippen molar-refractivity contribution in [2.45, 2.75) is 6.04 Å². The summed E-state index contributed by atoms with van der Waals surface area (Å²) in [6.07, 6.45) is 0. The third kappa shape index (κ3) is 4.03. The van der Waals surface area contributed by atoms with E-state index in [0.29, 0.717) is 18.0 Å². The summed E-state index contributed by atoms with van der Waals surface area (Å²) < 4.78 is 10.5. The Morgan fingerprint density at radius 1 is 1.12 bits per heavy atom. The number of para-hydroxylation sites is 2. The smallest absolute Gasteiger partial charge is 0.243 e. The third-order valence-corrected chi connectivity index (χ3v) is 4.29. The van der Waals surface area contributed by atoms with Gasteiger partial charge in [-0.2, -0.15) is 0 Å². The van der Waals surface area contributed by atoms with Gasteiger partial charge in [0.05, 0.1) is 19.9 Å². The molecule has 1 saturated heterocycles. The Balaban J connectivity index is 1.66. The molecule has 1 fully saturated rings. The molecular formula is C19H23N3O3. The van der Waals surface area contributed by atoms with Crippen molar-refractivity contribution in [3.8, 4) is 11.5 Å². The van der Waals surface area contributed by atoms with Crippen LogP contribution in [0.4, 0.5) is 11.4 Å². The number of carbonyl (C=O) groups excluding carboxylic acids is 1. The van der Waals surface area contributed by atoms with E-state index >= 15 is 0 Å². The summed E-state index contributed by atoms with van der Waals surface area (Å²) in [6.45, 7) is 2.20. The minimum Gasteiger partial charge on any atom is -0.497 e. The molecule has 2 aromatic carbocycles. The minimum absolute atomic E-state index is 0.0669. The van der Waals surface area contributed by atoms with Crippen molar-refractivity contribution in [2.75, 3.05) is 44.1 Å². The van der Waals surface area contributed by atoms with E-state index in [-0.39, 0.29) is 11.9 Å². The first-order valence-electron chi connectivity index (χ1n) is 8.27. The van der Waals surface area contributed by atoms with Crippen LogP contribution in [-0.4, -0.2) is 45.8 Å². The molecule has 2 N–H and O–H groups in total. The van der Waals surface area contributed by atoms with Gasteiger partial charge in [-0.1, -0.05) is 12.1 Å². The molecule has 0 saturated carbocycles. The highest BCUT2D eigenvalue weighted by Gasteiger charge is 2.26. The van der Waals surface area contributed by atoms with Gasteiger partial charge in [-0.25, -0.2) is 0 Å². The Hall–Kier alpha value is -2.73. The largest absolute Gasteiger partial charge is 0.497 e. The summed E-state index contributed by atoms with van der Waals surface area (Å²) in [6, 6.07) is 15.0. The van der Waals surface area contributed by atoms with Gasteiger partial charge in [0.25, 0.3) is 0 Å². The standard InChI is InChI=1S/C19H23N3O3/c1-24-15-9-7-14(8-10-15)22-12-11-20-17(13-22)19(23)21-16-5-3-4-6-18(16)25-2/h3-10,17,20H,11-13H2,1-2H3,(H,21,23). The number of piperazine rings is 1. The van der Waals surface area contributed by atoms with Crippen molar-refractivity contribution >= 4 is 17.3 Å².